The van der Waals surface area contributed by atoms with Crippen molar-refractivity contribution < 1.29 is 14.0 Å². The van der Waals surface area contributed by atoms with Crippen LogP contribution in [0.1, 0.15) is 31.1 Å². The lowest BCUT2D eigenvalue weighted by Crippen LogP contribution is -2.49. The topological polar surface area (TPSA) is 65.5 Å². The summed E-state index contributed by atoms with van der Waals surface area (Å²) in [5.41, 5.74) is 0.553. The molecule has 28 heavy (non-hydrogen) atoms. The van der Waals surface area contributed by atoms with Crippen LogP contribution in [0, 0.1) is 11.2 Å². The van der Waals surface area contributed by atoms with E-state index in [4.69, 9.17) is 0 Å². The Morgan fingerprint density at radius 2 is 1.79 bits per heavy atom. The molecule has 0 atom stereocenters. The quantitative estimate of drug-likeness (QED) is 0.883. The Morgan fingerprint density at radius 3 is 2.36 bits per heavy atom. The highest BCUT2D eigenvalue weighted by Crippen LogP contribution is 2.20. The van der Waals surface area contributed by atoms with Crippen LogP contribution >= 0.6 is 0 Å². The van der Waals surface area contributed by atoms with Gasteiger partial charge in [-0.3, -0.25) is 9.59 Å². The van der Waals surface area contributed by atoms with Crippen LogP contribution in [0.15, 0.2) is 42.6 Å². The van der Waals surface area contributed by atoms with Crippen LogP contribution in [0.5, 0.6) is 0 Å². The van der Waals surface area contributed by atoms with Gasteiger partial charge in [0.05, 0.1) is 11.9 Å². The van der Waals surface area contributed by atoms with Gasteiger partial charge < -0.3 is 15.1 Å². The summed E-state index contributed by atoms with van der Waals surface area (Å²) in [5.74, 6) is 0.165. The highest BCUT2D eigenvalue weighted by atomic mass is 19.1. The SMILES string of the molecule is CC(C)(C)C(=O)Nc1ccc(N2CCN(C(=O)c3cccc(F)c3)CC2)nc1. The molecule has 6 nitrogen and oxygen atoms in total. The standard InChI is InChI=1S/C21H25FN4O2/c1-21(2,3)20(28)24-17-7-8-18(23-14-17)25-9-11-26(12-10-25)19(27)15-5-4-6-16(22)13-15/h4-8,13-14H,9-12H2,1-3H3,(H,24,28). The van der Waals surface area contributed by atoms with Crippen molar-refractivity contribution in [3.05, 3.63) is 54.0 Å². The molecule has 0 aliphatic carbocycles. The average Bonchev–Trinajstić information content (AvgIpc) is 2.67. The number of hydrogen-bond donors (Lipinski definition) is 1. The Hall–Kier alpha value is -2.96. The molecule has 2 aromatic rings. The molecule has 1 fully saturated rings. The predicted octanol–water partition coefficient (Wildman–Crippen LogP) is 3.17. The summed E-state index contributed by atoms with van der Waals surface area (Å²) < 4.78 is 13.3. The van der Waals surface area contributed by atoms with Crippen molar-refractivity contribution in [2.24, 2.45) is 5.41 Å². The predicted molar refractivity (Wildman–Crippen MR) is 107 cm³/mol. The number of rotatable bonds is 3. The number of hydrogen-bond acceptors (Lipinski definition) is 4. The maximum Gasteiger partial charge on any atom is 0.254 e. The third-order valence-corrected chi connectivity index (χ3v) is 4.65. The van der Waals surface area contributed by atoms with E-state index in [2.05, 4.69) is 15.2 Å². The first-order chi connectivity index (χ1) is 13.2. The Bertz CT molecular complexity index is 853. The highest BCUT2D eigenvalue weighted by Gasteiger charge is 2.24. The fraction of sp³-hybridized carbons (Fsp3) is 0.381. The van der Waals surface area contributed by atoms with Crippen LogP contribution in [0.4, 0.5) is 15.9 Å². The minimum Gasteiger partial charge on any atom is -0.353 e. The number of carbonyl (C=O) groups is 2. The molecule has 2 heterocycles. The first kappa shape index (κ1) is 19.8. The normalized spacial score (nSPS) is 14.7. The Labute approximate surface area is 164 Å². The minimum atomic E-state index is -0.469. The molecule has 1 N–H and O–H groups in total. The van der Waals surface area contributed by atoms with Gasteiger partial charge in [-0.05, 0) is 30.3 Å². The molecule has 0 radical (unpaired) electrons. The van der Waals surface area contributed by atoms with Crippen molar-refractivity contribution in [3.63, 3.8) is 0 Å². The van der Waals surface area contributed by atoms with Gasteiger partial charge in [0.2, 0.25) is 5.91 Å². The summed E-state index contributed by atoms with van der Waals surface area (Å²) in [6.07, 6.45) is 1.64. The fourth-order valence-electron chi connectivity index (χ4n) is 2.91. The van der Waals surface area contributed by atoms with Gasteiger partial charge in [-0.25, -0.2) is 9.37 Å². The zero-order valence-electron chi connectivity index (χ0n) is 16.4. The van der Waals surface area contributed by atoms with Gasteiger partial charge in [0.25, 0.3) is 5.91 Å². The number of nitrogens with zero attached hydrogens (tertiary/aromatic N) is 3. The van der Waals surface area contributed by atoms with Gasteiger partial charge in [-0.15, -0.1) is 0 Å². The Morgan fingerprint density at radius 1 is 1.07 bits per heavy atom. The van der Waals surface area contributed by atoms with Gasteiger partial charge >= 0.3 is 0 Å². The van der Waals surface area contributed by atoms with E-state index in [-0.39, 0.29) is 11.8 Å². The number of piperazine rings is 1. The Kier molecular flexibility index (Phi) is 5.63. The van der Waals surface area contributed by atoms with Crippen LogP contribution in [0.2, 0.25) is 0 Å². The molecule has 148 valence electrons. The molecule has 3 rings (SSSR count). The molecule has 0 bridgehead atoms. The van der Waals surface area contributed by atoms with Crippen LogP contribution in [-0.4, -0.2) is 47.9 Å². The van der Waals surface area contributed by atoms with Crippen molar-refractivity contribution in [3.8, 4) is 0 Å². The second kappa shape index (κ2) is 7.96. The van der Waals surface area contributed by atoms with Crippen molar-refractivity contribution in [1.29, 1.82) is 0 Å². The third kappa shape index (κ3) is 4.65. The number of halogens is 1. The van der Waals surface area contributed by atoms with Crippen molar-refractivity contribution >= 4 is 23.3 Å². The van der Waals surface area contributed by atoms with Gasteiger partial charge in [-0.1, -0.05) is 26.8 Å². The molecule has 2 amide bonds. The highest BCUT2D eigenvalue weighted by molar-refractivity contribution is 5.95. The lowest BCUT2D eigenvalue weighted by atomic mass is 9.96. The number of anilines is 2. The third-order valence-electron chi connectivity index (χ3n) is 4.65. The van der Waals surface area contributed by atoms with Crippen LogP contribution in [-0.2, 0) is 4.79 Å². The van der Waals surface area contributed by atoms with Crippen molar-refractivity contribution in [1.82, 2.24) is 9.88 Å². The fourth-order valence-corrected chi connectivity index (χ4v) is 2.91. The van der Waals surface area contributed by atoms with Gasteiger partial charge in [0, 0.05) is 37.2 Å². The molecular formula is C21H25FN4O2. The summed E-state index contributed by atoms with van der Waals surface area (Å²) in [6.45, 7) is 7.93. The number of nitrogens with one attached hydrogen (secondary N) is 1. The second-order valence-electron chi connectivity index (χ2n) is 7.90. The van der Waals surface area contributed by atoms with Crippen LogP contribution < -0.4 is 10.2 Å². The Balaban J connectivity index is 1.57. The molecule has 1 aliphatic rings. The first-order valence-corrected chi connectivity index (χ1v) is 9.31. The van der Waals surface area contributed by atoms with E-state index in [0.717, 1.165) is 5.82 Å². The molecule has 0 spiro atoms. The van der Waals surface area contributed by atoms with Crippen LogP contribution in [0.25, 0.3) is 0 Å². The van der Waals surface area contributed by atoms with Crippen molar-refractivity contribution in [2.75, 3.05) is 36.4 Å². The summed E-state index contributed by atoms with van der Waals surface area (Å²) in [5, 5.41) is 2.85. The lowest BCUT2D eigenvalue weighted by molar-refractivity contribution is -0.123. The molecule has 1 saturated heterocycles. The molecule has 1 aliphatic heterocycles. The monoisotopic (exact) mass is 384 g/mol. The lowest BCUT2D eigenvalue weighted by Gasteiger charge is -2.35. The van der Waals surface area contributed by atoms with E-state index in [1.165, 1.54) is 12.1 Å². The summed E-state index contributed by atoms with van der Waals surface area (Å²) in [4.78, 5) is 32.8. The second-order valence-corrected chi connectivity index (χ2v) is 7.90. The maximum absolute atomic E-state index is 13.3. The number of benzene rings is 1. The van der Waals surface area contributed by atoms with Gasteiger partial charge in [-0.2, -0.15) is 0 Å². The number of aromatic nitrogens is 1. The molecule has 0 unspecified atom stereocenters. The molecule has 1 aromatic carbocycles. The number of carbonyl (C=O) groups excluding carboxylic acids is 2. The van der Waals surface area contributed by atoms with Gasteiger partial charge in [0.15, 0.2) is 0 Å². The van der Waals surface area contributed by atoms with E-state index in [0.29, 0.717) is 37.4 Å². The summed E-state index contributed by atoms with van der Waals surface area (Å²) >= 11 is 0. The van der Waals surface area contributed by atoms with Crippen LogP contribution in [0.3, 0.4) is 0 Å². The number of amides is 2. The zero-order valence-corrected chi connectivity index (χ0v) is 16.4. The van der Waals surface area contributed by atoms with E-state index in [9.17, 15) is 14.0 Å². The molecule has 0 saturated carbocycles. The summed E-state index contributed by atoms with van der Waals surface area (Å²) in [6, 6.07) is 9.46. The van der Waals surface area contributed by atoms with E-state index in [1.807, 2.05) is 32.9 Å². The van der Waals surface area contributed by atoms with Crippen molar-refractivity contribution in [2.45, 2.75) is 20.8 Å². The van der Waals surface area contributed by atoms with E-state index >= 15 is 0 Å². The number of pyridine rings is 1. The van der Waals surface area contributed by atoms with E-state index < -0.39 is 11.2 Å². The molecular weight excluding hydrogens is 359 g/mol. The molecule has 7 heteroatoms. The molecule has 1 aromatic heterocycles. The minimum absolute atomic E-state index is 0.0634. The largest absolute Gasteiger partial charge is 0.353 e. The summed E-state index contributed by atoms with van der Waals surface area (Å²) in [7, 11) is 0. The van der Waals surface area contributed by atoms with E-state index in [1.54, 1.807) is 23.2 Å². The zero-order chi connectivity index (χ0) is 20.3. The maximum atomic E-state index is 13.3. The van der Waals surface area contributed by atoms with Gasteiger partial charge in [0.1, 0.15) is 11.6 Å². The average molecular weight is 384 g/mol. The smallest absolute Gasteiger partial charge is 0.254 e. The first-order valence-electron chi connectivity index (χ1n) is 9.31.